The van der Waals surface area contributed by atoms with Gasteiger partial charge < -0.3 is 13.6 Å². The third-order valence-electron chi connectivity index (χ3n) is 12.4. The van der Waals surface area contributed by atoms with Gasteiger partial charge in [-0.2, -0.15) is 0 Å². The van der Waals surface area contributed by atoms with Gasteiger partial charge in [-0.25, -0.2) is 15.0 Å². The maximum Gasteiger partial charge on any atom is 0.164 e. The Bertz CT molecular complexity index is 3900. The van der Waals surface area contributed by atoms with E-state index in [2.05, 4.69) is 185 Å². The van der Waals surface area contributed by atoms with E-state index in [0.717, 1.165) is 72.2 Å². The maximum absolute atomic E-state index is 6.66. The molecule has 6 nitrogen and oxygen atoms in total. The Labute approximate surface area is 361 Å². The van der Waals surface area contributed by atoms with E-state index in [-0.39, 0.29) is 0 Å². The van der Waals surface area contributed by atoms with Gasteiger partial charge in [-0.05, 0) is 66.2 Å². The lowest BCUT2D eigenvalue weighted by Crippen LogP contribution is -2.01. The summed E-state index contributed by atoms with van der Waals surface area (Å²) < 4.78 is 11.4. The molecule has 0 aliphatic carbocycles. The van der Waals surface area contributed by atoms with Gasteiger partial charge in [-0.15, -0.1) is 0 Å². The Morgan fingerprint density at radius 3 is 1.46 bits per heavy atom. The predicted molar refractivity (Wildman–Crippen MR) is 258 cm³/mol. The van der Waals surface area contributed by atoms with Crippen LogP contribution >= 0.6 is 0 Å². The molecule has 63 heavy (non-hydrogen) atoms. The molecule has 9 aromatic carbocycles. The van der Waals surface area contributed by atoms with Crippen LogP contribution in [0.2, 0.25) is 0 Å². The lowest BCUT2D eigenvalue weighted by molar-refractivity contribution is 0.670. The van der Waals surface area contributed by atoms with E-state index in [9.17, 15) is 0 Å². The molecule has 0 aliphatic rings. The van der Waals surface area contributed by atoms with Gasteiger partial charge in [0.15, 0.2) is 17.5 Å². The van der Waals surface area contributed by atoms with Crippen LogP contribution in [0.3, 0.4) is 0 Å². The quantitative estimate of drug-likeness (QED) is 0.168. The Morgan fingerprint density at radius 2 is 0.794 bits per heavy atom. The topological polar surface area (TPSA) is 61.7 Å². The lowest BCUT2D eigenvalue weighted by Gasteiger charge is -2.12. The Hall–Kier alpha value is -8.61. The number of furan rings is 1. The summed E-state index contributed by atoms with van der Waals surface area (Å²) in [5, 5.41) is 6.92. The molecular formula is C57H35N5O. The first-order valence-corrected chi connectivity index (χ1v) is 21.2. The fourth-order valence-corrected chi connectivity index (χ4v) is 9.48. The molecule has 0 atom stereocenters. The summed E-state index contributed by atoms with van der Waals surface area (Å²) in [7, 11) is 0. The van der Waals surface area contributed by atoms with E-state index in [4.69, 9.17) is 19.4 Å². The zero-order valence-corrected chi connectivity index (χ0v) is 33.9. The third-order valence-corrected chi connectivity index (χ3v) is 12.4. The molecular weight excluding hydrogens is 771 g/mol. The van der Waals surface area contributed by atoms with Crippen LogP contribution in [0.25, 0.3) is 122 Å². The molecule has 0 bridgehead atoms. The number of fused-ring (bicyclic) bond motifs is 9. The van der Waals surface area contributed by atoms with Crippen molar-refractivity contribution in [2.24, 2.45) is 0 Å². The van der Waals surface area contributed by atoms with Crippen LogP contribution in [-0.2, 0) is 0 Å². The van der Waals surface area contributed by atoms with E-state index < -0.39 is 0 Å². The van der Waals surface area contributed by atoms with Gasteiger partial charge >= 0.3 is 0 Å². The van der Waals surface area contributed by atoms with Crippen molar-refractivity contribution >= 4 is 65.6 Å². The average Bonchev–Trinajstić information content (AvgIpc) is 4.01. The Balaban J connectivity index is 0.987. The zero-order chi connectivity index (χ0) is 41.4. The number of para-hydroxylation sites is 4. The minimum absolute atomic E-state index is 0.573. The first kappa shape index (κ1) is 35.2. The van der Waals surface area contributed by atoms with Crippen LogP contribution in [0.4, 0.5) is 0 Å². The number of hydrogen-bond acceptors (Lipinski definition) is 4. The average molecular weight is 806 g/mol. The van der Waals surface area contributed by atoms with Crippen molar-refractivity contribution in [2.45, 2.75) is 0 Å². The molecule has 0 saturated heterocycles. The van der Waals surface area contributed by atoms with Crippen LogP contribution in [0.15, 0.2) is 217 Å². The monoisotopic (exact) mass is 805 g/mol. The maximum atomic E-state index is 6.66. The smallest absolute Gasteiger partial charge is 0.164 e. The van der Waals surface area contributed by atoms with Crippen molar-refractivity contribution in [3.8, 4) is 56.7 Å². The Morgan fingerprint density at radius 1 is 0.302 bits per heavy atom. The highest BCUT2D eigenvalue weighted by Crippen LogP contribution is 2.41. The minimum Gasteiger partial charge on any atom is -0.455 e. The van der Waals surface area contributed by atoms with E-state index in [0.29, 0.717) is 17.5 Å². The van der Waals surface area contributed by atoms with Crippen molar-refractivity contribution in [2.75, 3.05) is 0 Å². The second-order valence-corrected chi connectivity index (χ2v) is 16.0. The molecule has 0 radical (unpaired) electrons. The first-order chi connectivity index (χ1) is 31.2. The van der Waals surface area contributed by atoms with Crippen LogP contribution in [0, 0.1) is 0 Å². The van der Waals surface area contributed by atoms with Crippen LogP contribution in [-0.4, -0.2) is 24.1 Å². The molecule has 0 N–H and O–H groups in total. The third kappa shape index (κ3) is 5.62. The second-order valence-electron chi connectivity index (χ2n) is 16.0. The van der Waals surface area contributed by atoms with Gasteiger partial charge in [0.25, 0.3) is 0 Å². The molecule has 0 fully saturated rings. The van der Waals surface area contributed by atoms with Crippen molar-refractivity contribution in [1.82, 2.24) is 24.1 Å². The summed E-state index contributed by atoms with van der Waals surface area (Å²) in [5.74, 6) is 1.76. The number of aromatic nitrogens is 5. The Kier molecular flexibility index (Phi) is 7.80. The summed E-state index contributed by atoms with van der Waals surface area (Å²) in [6.45, 7) is 0. The molecule has 0 unspecified atom stereocenters. The predicted octanol–water partition coefficient (Wildman–Crippen LogP) is 14.6. The highest BCUT2D eigenvalue weighted by molar-refractivity contribution is 6.19. The zero-order valence-electron chi connectivity index (χ0n) is 33.9. The number of nitrogens with zero attached hydrogens (tertiary/aromatic N) is 5. The van der Waals surface area contributed by atoms with E-state index in [1.807, 2.05) is 36.4 Å². The van der Waals surface area contributed by atoms with E-state index in [1.165, 1.54) is 32.6 Å². The van der Waals surface area contributed by atoms with E-state index in [1.54, 1.807) is 0 Å². The molecule has 13 aromatic rings. The molecule has 4 aromatic heterocycles. The highest BCUT2D eigenvalue weighted by Gasteiger charge is 2.20. The van der Waals surface area contributed by atoms with E-state index >= 15 is 0 Å². The largest absolute Gasteiger partial charge is 0.455 e. The molecule has 6 heteroatoms. The van der Waals surface area contributed by atoms with Crippen LogP contribution in [0.1, 0.15) is 0 Å². The van der Waals surface area contributed by atoms with Crippen LogP contribution < -0.4 is 0 Å². The van der Waals surface area contributed by atoms with Gasteiger partial charge in [0.05, 0.1) is 22.1 Å². The van der Waals surface area contributed by atoms with Crippen molar-refractivity contribution in [3.05, 3.63) is 212 Å². The first-order valence-electron chi connectivity index (χ1n) is 21.2. The molecule has 0 aliphatic heterocycles. The molecule has 4 heterocycles. The van der Waals surface area contributed by atoms with Gasteiger partial charge in [-0.3, -0.25) is 0 Å². The van der Waals surface area contributed by atoms with Gasteiger partial charge in [-0.1, -0.05) is 152 Å². The van der Waals surface area contributed by atoms with Gasteiger partial charge in [0, 0.05) is 65.9 Å². The van der Waals surface area contributed by atoms with Crippen molar-refractivity contribution in [3.63, 3.8) is 0 Å². The highest BCUT2D eigenvalue weighted by atomic mass is 16.3. The standard InChI is InChI=1S/C57H35N5O/c1-4-16-36(17-5-1)42-26-15-27-46-45-31-30-39(33-53(45)63-54(42)46)57-59-55(37-18-6-2-7-19-37)58-56(60-57)38-20-14-23-41(32-38)62-50-29-13-11-25-44(50)48-34-51-47(35-52(48)62)43-24-10-12-28-49(43)61(51)40-21-8-3-9-22-40/h1-35H. The second kappa shape index (κ2) is 14.0. The SMILES string of the molecule is c1ccc(-c2nc(-c3cccc(-n4c5ccccc5c5cc6c(cc54)c4ccccc4n6-c4ccccc4)c3)nc(-c3ccc4c(c3)oc3c(-c5ccccc5)cccc34)n2)cc1. The summed E-state index contributed by atoms with van der Waals surface area (Å²) in [5.41, 5.74) is 13.2. The summed E-state index contributed by atoms with van der Waals surface area (Å²) in [4.78, 5) is 15.4. The number of rotatable bonds is 6. The van der Waals surface area contributed by atoms with Gasteiger partial charge in [0.2, 0.25) is 0 Å². The normalized spacial score (nSPS) is 11.8. The summed E-state index contributed by atoms with van der Waals surface area (Å²) >= 11 is 0. The fraction of sp³-hybridized carbons (Fsp3) is 0. The van der Waals surface area contributed by atoms with Gasteiger partial charge in [0.1, 0.15) is 11.2 Å². The molecule has 0 spiro atoms. The molecule has 0 amide bonds. The van der Waals surface area contributed by atoms with Crippen molar-refractivity contribution < 1.29 is 4.42 Å². The van der Waals surface area contributed by atoms with Crippen LogP contribution in [0.5, 0.6) is 0 Å². The lowest BCUT2D eigenvalue weighted by atomic mass is 10.0. The van der Waals surface area contributed by atoms with Crippen molar-refractivity contribution in [1.29, 1.82) is 0 Å². The summed E-state index contributed by atoms with van der Waals surface area (Å²) in [6, 6.07) is 74.4. The summed E-state index contributed by atoms with van der Waals surface area (Å²) in [6.07, 6.45) is 0. The molecule has 294 valence electrons. The molecule has 13 rings (SSSR count). The number of hydrogen-bond donors (Lipinski definition) is 0. The number of benzene rings is 9. The molecule has 0 saturated carbocycles. The fourth-order valence-electron chi connectivity index (χ4n) is 9.48. The minimum atomic E-state index is 0.573.